The van der Waals surface area contributed by atoms with E-state index < -0.39 is 17.9 Å². The third kappa shape index (κ3) is 2.76. The maximum absolute atomic E-state index is 12.9. The molecule has 2 fully saturated rings. The maximum atomic E-state index is 12.9. The van der Waals surface area contributed by atoms with Gasteiger partial charge < -0.3 is 0 Å². The first-order chi connectivity index (χ1) is 11.1. The summed E-state index contributed by atoms with van der Waals surface area (Å²) < 4.78 is 0. The van der Waals surface area contributed by atoms with Gasteiger partial charge in [-0.2, -0.15) is 0 Å². The standard InChI is InChI=1S/C18H22N2O3/c1-2-15-16(21)19(13-9-5-3-6-10-13)18(23)20(17(15)22)14-11-7-4-8-12-14/h3,5-6,9-10,14-15H,2,4,7-8,11-12H2,1H3. The molecule has 23 heavy (non-hydrogen) atoms. The number of barbiturate groups is 1. The van der Waals surface area contributed by atoms with Crippen LogP contribution in [0.25, 0.3) is 0 Å². The number of carbonyl (C=O) groups is 3. The quantitative estimate of drug-likeness (QED) is 0.804. The van der Waals surface area contributed by atoms with E-state index in [0.29, 0.717) is 12.1 Å². The van der Waals surface area contributed by atoms with Crippen molar-refractivity contribution in [3.8, 4) is 0 Å². The van der Waals surface area contributed by atoms with Crippen molar-refractivity contribution >= 4 is 23.5 Å². The fourth-order valence-corrected chi connectivity index (χ4v) is 3.56. The summed E-state index contributed by atoms with van der Waals surface area (Å²) in [7, 11) is 0. The van der Waals surface area contributed by atoms with E-state index in [1.54, 1.807) is 24.3 Å². The summed E-state index contributed by atoms with van der Waals surface area (Å²) in [6.07, 6.45) is 5.29. The fraction of sp³-hybridized carbons (Fsp3) is 0.500. The Kier molecular flexibility index (Phi) is 4.46. The summed E-state index contributed by atoms with van der Waals surface area (Å²) in [6.45, 7) is 1.82. The third-order valence-corrected chi connectivity index (χ3v) is 4.81. The van der Waals surface area contributed by atoms with Gasteiger partial charge in [0.15, 0.2) is 0 Å². The first-order valence-electron chi connectivity index (χ1n) is 8.41. The molecule has 0 radical (unpaired) electrons. The summed E-state index contributed by atoms with van der Waals surface area (Å²) in [4.78, 5) is 40.8. The van der Waals surface area contributed by atoms with Crippen LogP contribution in [-0.2, 0) is 9.59 Å². The first kappa shape index (κ1) is 15.7. The number of hydrogen-bond donors (Lipinski definition) is 0. The lowest BCUT2D eigenvalue weighted by Crippen LogP contribution is -2.62. The zero-order chi connectivity index (χ0) is 16.4. The van der Waals surface area contributed by atoms with E-state index in [1.165, 1.54) is 9.80 Å². The third-order valence-electron chi connectivity index (χ3n) is 4.81. The molecule has 2 aliphatic rings. The summed E-state index contributed by atoms with van der Waals surface area (Å²) in [5.41, 5.74) is 0.536. The van der Waals surface area contributed by atoms with Crippen molar-refractivity contribution in [3.63, 3.8) is 0 Å². The minimum Gasteiger partial charge on any atom is -0.273 e. The van der Waals surface area contributed by atoms with Crippen LogP contribution >= 0.6 is 0 Å². The average molecular weight is 314 g/mol. The van der Waals surface area contributed by atoms with Crippen LogP contribution in [0.4, 0.5) is 10.5 Å². The molecule has 1 aromatic carbocycles. The summed E-state index contributed by atoms with van der Waals surface area (Å²) in [6, 6.07) is 8.33. The van der Waals surface area contributed by atoms with Gasteiger partial charge in [0, 0.05) is 6.04 Å². The topological polar surface area (TPSA) is 57.7 Å². The highest BCUT2D eigenvalue weighted by molar-refractivity contribution is 6.27. The fourth-order valence-electron chi connectivity index (χ4n) is 3.56. The van der Waals surface area contributed by atoms with Crippen molar-refractivity contribution in [1.29, 1.82) is 0 Å². The monoisotopic (exact) mass is 314 g/mol. The van der Waals surface area contributed by atoms with Crippen LogP contribution in [0, 0.1) is 5.92 Å². The van der Waals surface area contributed by atoms with E-state index >= 15 is 0 Å². The van der Waals surface area contributed by atoms with E-state index in [2.05, 4.69) is 0 Å². The molecule has 1 unspecified atom stereocenters. The van der Waals surface area contributed by atoms with E-state index in [1.807, 2.05) is 13.0 Å². The Balaban J connectivity index is 1.98. The number of anilines is 1. The van der Waals surface area contributed by atoms with Gasteiger partial charge in [-0.05, 0) is 31.4 Å². The summed E-state index contributed by atoms with van der Waals surface area (Å²) >= 11 is 0. The Hall–Kier alpha value is -2.17. The molecule has 0 aromatic heterocycles. The van der Waals surface area contributed by atoms with Gasteiger partial charge in [0.05, 0.1) is 5.69 Å². The molecule has 1 aromatic rings. The minimum atomic E-state index is -0.755. The molecule has 1 aliphatic carbocycles. The lowest BCUT2D eigenvalue weighted by molar-refractivity contribution is -0.143. The second-order valence-electron chi connectivity index (χ2n) is 6.25. The number of hydrogen-bond acceptors (Lipinski definition) is 3. The smallest absolute Gasteiger partial charge is 0.273 e. The summed E-state index contributed by atoms with van der Waals surface area (Å²) in [5, 5.41) is 0. The Morgan fingerprint density at radius 2 is 1.61 bits per heavy atom. The number of imide groups is 2. The van der Waals surface area contributed by atoms with E-state index in [4.69, 9.17) is 0 Å². The van der Waals surface area contributed by atoms with Crippen molar-refractivity contribution in [2.75, 3.05) is 4.90 Å². The second kappa shape index (κ2) is 6.52. The minimum absolute atomic E-state index is 0.0721. The largest absolute Gasteiger partial charge is 0.338 e. The molecule has 4 amide bonds. The lowest BCUT2D eigenvalue weighted by atomic mass is 9.91. The number of amides is 4. The van der Waals surface area contributed by atoms with Gasteiger partial charge in [-0.3, -0.25) is 14.5 Å². The number of nitrogens with zero attached hydrogens (tertiary/aromatic N) is 2. The Labute approximate surface area is 136 Å². The van der Waals surface area contributed by atoms with Crippen LogP contribution in [0.2, 0.25) is 0 Å². The molecule has 0 spiro atoms. The predicted molar refractivity (Wildman–Crippen MR) is 86.8 cm³/mol. The van der Waals surface area contributed by atoms with Crippen LogP contribution in [0.3, 0.4) is 0 Å². The Morgan fingerprint density at radius 1 is 0.957 bits per heavy atom. The molecule has 1 aliphatic heterocycles. The molecule has 0 bridgehead atoms. The molecular formula is C18H22N2O3. The van der Waals surface area contributed by atoms with Crippen LogP contribution in [0.1, 0.15) is 45.4 Å². The van der Waals surface area contributed by atoms with Crippen molar-refractivity contribution < 1.29 is 14.4 Å². The molecule has 5 heteroatoms. The van der Waals surface area contributed by atoms with Gasteiger partial charge >= 0.3 is 6.03 Å². The van der Waals surface area contributed by atoms with Crippen molar-refractivity contribution in [3.05, 3.63) is 30.3 Å². The number of urea groups is 1. The summed E-state index contributed by atoms with van der Waals surface area (Å²) in [5.74, 6) is -1.47. The van der Waals surface area contributed by atoms with E-state index in [9.17, 15) is 14.4 Å². The molecule has 122 valence electrons. The normalized spacial score (nSPS) is 23.5. The Morgan fingerprint density at radius 3 is 2.22 bits per heavy atom. The van der Waals surface area contributed by atoms with Crippen molar-refractivity contribution in [2.24, 2.45) is 5.92 Å². The van der Waals surface area contributed by atoms with Gasteiger partial charge in [0.2, 0.25) is 11.8 Å². The molecule has 3 rings (SSSR count). The molecule has 0 N–H and O–H groups in total. The highest BCUT2D eigenvalue weighted by Gasteiger charge is 2.48. The van der Waals surface area contributed by atoms with Crippen molar-refractivity contribution in [1.82, 2.24) is 4.90 Å². The number of rotatable bonds is 3. The Bertz CT molecular complexity index is 608. The van der Waals surface area contributed by atoms with Crippen molar-refractivity contribution in [2.45, 2.75) is 51.5 Å². The van der Waals surface area contributed by atoms with E-state index in [0.717, 1.165) is 32.1 Å². The zero-order valence-corrected chi connectivity index (χ0v) is 13.4. The number of carbonyl (C=O) groups excluding carboxylic acids is 3. The van der Waals surface area contributed by atoms with Crippen LogP contribution in [-0.4, -0.2) is 28.8 Å². The zero-order valence-electron chi connectivity index (χ0n) is 13.4. The molecule has 1 saturated carbocycles. The molecule has 1 atom stereocenters. The van der Waals surface area contributed by atoms with Gasteiger partial charge in [0.25, 0.3) is 0 Å². The number of benzene rings is 1. The predicted octanol–water partition coefficient (Wildman–Crippen LogP) is 3.34. The number of para-hydroxylation sites is 1. The van der Waals surface area contributed by atoms with E-state index in [-0.39, 0.29) is 11.9 Å². The maximum Gasteiger partial charge on any atom is 0.338 e. The average Bonchev–Trinajstić information content (AvgIpc) is 2.57. The first-order valence-corrected chi connectivity index (χ1v) is 8.41. The van der Waals surface area contributed by atoms with Gasteiger partial charge in [-0.25, -0.2) is 9.69 Å². The molecule has 1 heterocycles. The highest BCUT2D eigenvalue weighted by Crippen LogP contribution is 2.31. The lowest BCUT2D eigenvalue weighted by Gasteiger charge is -2.41. The van der Waals surface area contributed by atoms with Crippen LogP contribution < -0.4 is 4.90 Å². The molecule has 1 saturated heterocycles. The molecule has 5 nitrogen and oxygen atoms in total. The second-order valence-corrected chi connectivity index (χ2v) is 6.25. The highest BCUT2D eigenvalue weighted by atomic mass is 16.2. The van der Waals surface area contributed by atoms with Gasteiger partial charge in [0.1, 0.15) is 5.92 Å². The van der Waals surface area contributed by atoms with Crippen LogP contribution in [0.15, 0.2) is 30.3 Å². The van der Waals surface area contributed by atoms with Gasteiger partial charge in [-0.15, -0.1) is 0 Å². The van der Waals surface area contributed by atoms with Gasteiger partial charge in [-0.1, -0.05) is 44.4 Å². The SMILES string of the molecule is CCC1C(=O)N(c2ccccc2)C(=O)N(C2CCCCC2)C1=O. The van der Waals surface area contributed by atoms with Crippen LogP contribution in [0.5, 0.6) is 0 Å². The molecular weight excluding hydrogens is 292 g/mol.